The molecule has 4 rings (SSSR count). The number of anilines is 1. The van der Waals surface area contributed by atoms with E-state index in [4.69, 9.17) is 4.74 Å². The lowest BCUT2D eigenvalue weighted by atomic mass is 10.2. The summed E-state index contributed by atoms with van der Waals surface area (Å²) < 4.78 is 7.79. The molecule has 2 heterocycles. The third-order valence-electron chi connectivity index (χ3n) is 4.41. The van der Waals surface area contributed by atoms with Crippen LogP contribution in [0.2, 0.25) is 0 Å². The van der Waals surface area contributed by atoms with E-state index in [0.717, 1.165) is 46.3 Å². The zero-order valence-corrected chi connectivity index (χ0v) is 16.0. The Balaban J connectivity index is 1.65. The smallest absolute Gasteiger partial charge is 0.265 e. The number of rotatable bonds is 7. The maximum Gasteiger partial charge on any atom is 0.265 e. The maximum absolute atomic E-state index is 5.61. The molecule has 0 amide bonds. The van der Waals surface area contributed by atoms with Crippen LogP contribution < -0.4 is 10.2 Å². The summed E-state index contributed by atoms with van der Waals surface area (Å²) >= 11 is 0. The van der Waals surface area contributed by atoms with Crippen LogP contribution in [0, 0.1) is 0 Å². The fraction of sp³-hybridized carbons (Fsp3) is 0.238. The van der Waals surface area contributed by atoms with Crippen LogP contribution in [0.4, 0.5) is 5.95 Å². The van der Waals surface area contributed by atoms with Crippen LogP contribution in [0.25, 0.3) is 22.1 Å². The van der Waals surface area contributed by atoms with Crippen LogP contribution in [0.15, 0.2) is 53.6 Å². The molecule has 0 radical (unpaired) electrons. The molecule has 0 aliphatic heterocycles. The van der Waals surface area contributed by atoms with E-state index in [2.05, 4.69) is 49.3 Å². The first kappa shape index (κ1) is 17.9. The van der Waals surface area contributed by atoms with Crippen molar-refractivity contribution in [2.75, 3.05) is 12.0 Å². The predicted octanol–water partition coefficient (Wildman–Crippen LogP) is 4.23. The minimum Gasteiger partial charge on any atom is -0.493 e. The Bertz CT molecular complexity index is 1130. The Hall–Kier alpha value is -3.48. The summed E-state index contributed by atoms with van der Waals surface area (Å²) in [4.78, 5) is 4.65. The van der Waals surface area contributed by atoms with Gasteiger partial charge in [-0.15, -0.1) is 10.2 Å². The van der Waals surface area contributed by atoms with E-state index < -0.39 is 0 Å². The molecule has 142 valence electrons. The molecule has 7 nitrogen and oxygen atoms in total. The highest BCUT2D eigenvalue weighted by molar-refractivity contribution is 6.04. The quantitative estimate of drug-likeness (QED) is 0.387. The van der Waals surface area contributed by atoms with Gasteiger partial charge in [-0.3, -0.25) is 0 Å². The molecular weight excluding hydrogens is 352 g/mol. The average Bonchev–Trinajstić information content (AvgIpc) is 3.03. The van der Waals surface area contributed by atoms with Gasteiger partial charge in [-0.25, -0.2) is 5.43 Å². The number of fused-ring (bicyclic) bond motifs is 3. The predicted molar refractivity (Wildman–Crippen MR) is 112 cm³/mol. The lowest BCUT2D eigenvalue weighted by Gasteiger charge is -2.06. The number of benzene rings is 2. The molecule has 7 heteroatoms. The summed E-state index contributed by atoms with van der Waals surface area (Å²) in [5, 5.41) is 13.9. The first-order valence-electron chi connectivity index (χ1n) is 9.44. The molecule has 0 spiro atoms. The average molecular weight is 374 g/mol. The minimum absolute atomic E-state index is 0.359. The van der Waals surface area contributed by atoms with Crippen LogP contribution in [-0.2, 0) is 6.54 Å². The second-order valence-corrected chi connectivity index (χ2v) is 6.32. The van der Waals surface area contributed by atoms with Crippen molar-refractivity contribution in [2.45, 2.75) is 26.8 Å². The van der Waals surface area contributed by atoms with Crippen molar-refractivity contribution >= 4 is 34.2 Å². The zero-order valence-electron chi connectivity index (χ0n) is 16.0. The standard InChI is InChI=1S/C21H22N6O/c1-3-13-27-17-11-7-6-10-16(17)19-20(27)23-21(26-24-19)25-22-14-15-9-5-8-12-18(15)28-4-2/h5-12,14H,3-4,13H2,1-2H3,(H,23,25,26)/b22-14-. The monoisotopic (exact) mass is 374 g/mol. The number of nitrogens with zero attached hydrogens (tertiary/aromatic N) is 5. The van der Waals surface area contributed by atoms with Gasteiger partial charge in [-0.1, -0.05) is 37.3 Å². The number of nitrogens with one attached hydrogen (secondary N) is 1. The van der Waals surface area contributed by atoms with Crippen LogP contribution in [0.5, 0.6) is 5.75 Å². The van der Waals surface area contributed by atoms with E-state index in [9.17, 15) is 0 Å². The molecule has 0 saturated heterocycles. The molecule has 0 fully saturated rings. The minimum atomic E-state index is 0.359. The number of aryl methyl sites for hydroxylation is 1. The summed E-state index contributed by atoms with van der Waals surface area (Å²) in [7, 11) is 0. The van der Waals surface area contributed by atoms with E-state index >= 15 is 0 Å². The normalized spacial score (nSPS) is 11.5. The van der Waals surface area contributed by atoms with Gasteiger partial charge >= 0.3 is 0 Å². The van der Waals surface area contributed by atoms with E-state index in [1.165, 1.54) is 0 Å². The third-order valence-corrected chi connectivity index (χ3v) is 4.41. The van der Waals surface area contributed by atoms with Gasteiger partial charge in [0.2, 0.25) is 0 Å². The molecule has 2 aromatic heterocycles. The number of hydrogen-bond donors (Lipinski definition) is 1. The molecule has 1 N–H and O–H groups in total. The first-order valence-corrected chi connectivity index (χ1v) is 9.44. The van der Waals surface area contributed by atoms with Crippen LogP contribution in [0.1, 0.15) is 25.8 Å². The fourth-order valence-electron chi connectivity index (χ4n) is 3.23. The molecule has 0 aliphatic rings. The van der Waals surface area contributed by atoms with Crippen LogP contribution >= 0.6 is 0 Å². The van der Waals surface area contributed by atoms with E-state index in [1.54, 1.807) is 6.21 Å². The number of aromatic nitrogens is 4. The number of hydrazone groups is 1. The van der Waals surface area contributed by atoms with Crippen molar-refractivity contribution in [3.8, 4) is 5.75 Å². The molecule has 0 saturated carbocycles. The van der Waals surface area contributed by atoms with E-state index in [1.807, 2.05) is 43.3 Å². The van der Waals surface area contributed by atoms with Gasteiger partial charge in [0.25, 0.3) is 5.95 Å². The molecule has 0 aliphatic carbocycles. The third kappa shape index (κ3) is 3.38. The highest BCUT2D eigenvalue weighted by Gasteiger charge is 2.13. The largest absolute Gasteiger partial charge is 0.493 e. The maximum atomic E-state index is 5.61. The topological polar surface area (TPSA) is 77.2 Å². The lowest BCUT2D eigenvalue weighted by Crippen LogP contribution is -2.03. The number of hydrogen-bond acceptors (Lipinski definition) is 6. The summed E-state index contributed by atoms with van der Waals surface area (Å²) in [6, 6.07) is 15.9. The molecule has 0 unspecified atom stereocenters. The van der Waals surface area contributed by atoms with Gasteiger partial charge in [-0.05, 0) is 31.5 Å². The summed E-state index contributed by atoms with van der Waals surface area (Å²) in [6.45, 7) is 5.57. The Labute approximate surface area is 163 Å². The van der Waals surface area contributed by atoms with Gasteiger partial charge in [0.1, 0.15) is 11.3 Å². The zero-order chi connectivity index (χ0) is 19.3. The van der Waals surface area contributed by atoms with Gasteiger partial charge < -0.3 is 9.30 Å². The second-order valence-electron chi connectivity index (χ2n) is 6.32. The van der Waals surface area contributed by atoms with Crippen LogP contribution in [0.3, 0.4) is 0 Å². The lowest BCUT2D eigenvalue weighted by molar-refractivity contribution is 0.340. The second kappa shape index (κ2) is 8.04. The highest BCUT2D eigenvalue weighted by Crippen LogP contribution is 2.26. The summed E-state index contributed by atoms with van der Waals surface area (Å²) in [5.41, 5.74) is 6.50. The SMILES string of the molecule is CCCn1c2ccccc2c2nnc(N/N=C\c3ccccc3OCC)nc21. The Kier molecular flexibility index (Phi) is 5.14. The van der Waals surface area contributed by atoms with Crippen molar-refractivity contribution in [1.29, 1.82) is 0 Å². The first-order chi connectivity index (χ1) is 13.8. The van der Waals surface area contributed by atoms with Crippen molar-refractivity contribution in [3.05, 3.63) is 54.1 Å². The van der Waals surface area contributed by atoms with Crippen molar-refractivity contribution in [1.82, 2.24) is 19.7 Å². The van der Waals surface area contributed by atoms with Gasteiger partial charge in [0, 0.05) is 17.5 Å². The number of para-hydroxylation sites is 2. The fourth-order valence-corrected chi connectivity index (χ4v) is 3.23. The molecule has 0 atom stereocenters. The van der Waals surface area contributed by atoms with Gasteiger partial charge in [0.15, 0.2) is 5.65 Å². The Morgan fingerprint density at radius 2 is 1.89 bits per heavy atom. The molecule has 0 bridgehead atoms. The van der Waals surface area contributed by atoms with E-state index in [0.29, 0.717) is 12.6 Å². The highest BCUT2D eigenvalue weighted by atomic mass is 16.5. The molecular formula is C21H22N6O. The van der Waals surface area contributed by atoms with Crippen molar-refractivity contribution < 1.29 is 4.74 Å². The van der Waals surface area contributed by atoms with Crippen molar-refractivity contribution in [3.63, 3.8) is 0 Å². The van der Waals surface area contributed by atoms with Crippen molar-refractivity contribution in [2.24, 2.45) is 5.10 Å². The molecule has 2 aromatic carbocycles. The van der Waals surface area contributed by atoms with E-state index in [-0.39, 0.29) is 0 Å². The molecule has 4 aromatic rings. The van der Waals surface area contributed by atoms with Crippen LogP contribution in [-0.4, -0.2) is 32.6 Å². The van der Waals surface area contributed by atoms with Gasteiger partial charge in [0.05, 0.1) is 18.3 Å². The molecule has 28 heavy (non-hydrogen) atoms. The Morgan fingerprint density at radius 1 is 1.07 bits per heavy atom. The number of ether oxygens (including phenoxy) is 1. The summed E-state index contributed by atoms with van der Waals surface area (Å²) in [5.74, 6) is 1.14. The Morgan fingerprint density at radius 3 is 2.75 bits per heavy atom. The summed E-state index contributed by atoms with van der Waals surface area (Å²) in [6.07, 6.45) is 2.70. The van der Waals surface area contributed by atoms with Gasteiger partial charge in [-0.2, -0.15) is 10.1 Å².